The number of hydrogen-bond donors (Lipinski definition) is 0. The van der Waals surface area contributed by atoms with Crippen LogP contribution < -0.4 is 0 Å². The highest BCUT2D eigenvalue weighted by atomic mass is 15.1. The third kappa shape index (κ3) is 1.86. The first kappa shape index (κ1) is 12.6. The normalized spacial score (nSPS) is 10.9. The summed E-state index contributed by atoms with van der Waals surface area (Å²) in [4.78, 5) is 7.43. The van der Waals surface area contributed by atoms with Crippen LogP contribution in [-0.4, -0.2) is 4.98 Å². The van der Waals surface area contributed by atoms with Crippen molar-refractivity contribution in [1.82, 2.24) is 4.98 Å². The number of aromatic nitrogens is 1. The number of pyridine rings is 1. The van der Waals surface area contributed by atoms with Gasteiger partial charge in [-0.05, 0) is 27.9 Å². The molecule has 0 unspecified atom stereocenters. The van der Waals surface area contributed by atoms with Crippen molar-refractivity contribution in [1.29, 1.82) is 0 Å². The van der Waals surface area contributed by atoms with Gasteiger partial charge in [0.15, 0.2) is 0 Å². The van der Waals surface area contributed by atoms with Gasteiger partial charge in [-0.3, -0.25) is 4.98 Å². The van der Waals surface area contributed by atoms with E-state index >= 15 is 0 Å². The molecule has 0 aliphatic carbocycles. The molecule has 0 bridgehead atoms. The second kappa shape index (κ2) is 5.02. The van der Waals surface area contributed by atoms with Gasteiger partial charge in [-0.2, -0.15) is 0 Å². The predicted octanol–water partition coefficient (Wildman–Crippen LogP) is 5.35. The van der Waals surface area contributed by atoms with E-state index in [0.29, 0.717) is 6.54 Å². The summed E-state index contributed by atoms with van der Waals surface area (Å²) < 4.78 is 0. The van der Waals surface area contributed by atoms with Gasteiger partial charge < -0.3 is 0 Å². The number of hydrogen-bond acceptors (Lipinski definition) is 2. The Hall–Kier alpha value is -3.10. The zero-order valence-corrected chi connectivity index (χ0v) is 11.8. The first-order valence-corrected chi connectivity index (χ1v) is 7.07. The molecule has 0 atom stereocenters. The molecule has 0 aliphatic heterocycles. The van der Waals surface area contributed by atoms with Gasteiger partial charge >= 0.3 is 0 Å². The monoisotopic (exact) mass is 284 g/mol. The lowest BCUT2D eigenvalue weighted by Gasteiger charge is -2.10. The van der Waals surface area contributed by atoms with Crippen LogP contribution in [0.5, 0.6) is 0 Å². The average molecular weight is 284 g/mol. The van der Waals surface area contributed by atoms with Crippen LogP contribution in [0.4, 0.5) is 0 Å². The Kier molecular flexibility index (Phi) is 2.88. The fraction of sp³-hybridized carbons (Fsp3) is 0.0556. The summed E-state index contributed by atoms with van der Waals surface area (Å²) in [5.74, 6) is 0. The zero-order valence-electron chi connectivity index (χ0n) is 11.8. The van der Waals surface area contributed by atoms with Gasteiger partial charge in [-0.1, -0.05) is 53.6 Å². The van der Waals surface area contributed by atoms with Gasteiger partial charge in [-0.15, -0.1) is 0 Å². The Morgan fingerprint density at radius 3 is 2.68 bits per heavy atom. The topological polar surface area (TPSA) is 61.7 Å². The van der Waals surface area contributed by atoms with E-state index < -0.39 is 0 Å². The van der Waals surface area contributed by atoms with Crippen molar-refractivity contribution in [2.24, 2.45) is 5.11 Å². The molecule has 0 amide bonds. The maximum Gasteiger partial charge on any atom is 0.0711 e. The first-order chi connectivity index (χ1) is 10.9. The molecule has 1 heterocycles. The minimum absolute atomic E-state index is 0.331. The van der Waals surface area contributed by atoms with Crippen LogP contribution in [0.25, 0.3) is 42.9 Å². The lowest BCUT2D eigenvalue weighted by Crippen LogP contribution is -1.89. The van der Waals surface area contributed by atoms with Gasteiger partial charge in [0, 0.05) is 27.3 Å². The van der Waals surface area contributed by atoms with Gasteiger partial charge in [-0.25, -0.2) is 0 Å². The molecule has 0 N–H and O–H groups in total. The second-order valence-corrected chi connectivity index (χ2v) is 5.21. The molecule has 0 radical (unpaired) electrons. The highest BCUT2D eigenvalue weighted by Crippen LogP contribution is 2.33. The largest absolute Gasteiger partial charge is 0.256 e. The maximum atomic E-state index is 8.63. The van der Waals surface area contributed by atoms with Gasteiger partial charge in [0.1, 0.15) is 0 Å². The fourth-order valence-electron chi connectivity index (χ4n) is 3.04. The molecular weight excluding hydrogens is 272 g/mol. The average Bonchev–Trinajstić information content (AvgIpc) is 2.59. The van der Waals surface area contributed by atoms with E-state index in [1.807, 2.05) is 36.5 Å². The third-order valence-electron chi connectivity index (χ3n) is 3.99. The third-order valence-corrected chi connectivity index (χ3v) is 3.99. The van der Waals surface area contributed by atoms with E-state index in [1.54, 1.807) is 0 Å². The molecule has 0 saturated heterocycles. The number of nitrogens with zero attached hydrogens (tertiary/aromatic N) is 4. The number of benzene rings is 3. The van der Waals surface area contributed by atoms with Crippen molar-refractivity contribution in [3.05, 3.63) is 76.8 Å². The lowest BCUT2D eigenvalue weighted by molar-refractivity contribution is 1.06. The number of rotatable bonds is 2. The van der Waals surface area contributed by atoms with Gasteiger partial charge in [0.05, 0.1) is 12.1 Å². The van der Waals surface area contributed by atoms with E-state index in [1.165, 1.54) is 16.2 Å². The molecule has 4 rings (SSSR count). The molecule has 4 nitrogen and oxygen atoms in total. The van der Waals surface area contributed by atoms with Gasteiger partial charge in [0.2, 0.25) is 0 Å². The molecule has 0 aliphatic rings. The molecule has 0 saturated carbocycles. The first-order valence-electron chi connectivity index (χ1n) is 7.07. The predicted molar refractivity (Wildman–Crippen MR) is 89.6 cm³/mol. The minimum atomic E-state index is 0.331. The highest BCUT2D eigenvalue weighted by Gasteiger charge is 2.09. The quantitative estimate of drug-likeness (QED) is 0.212. The molecule has 22 heavy (non-hydrogen) atoms. The van der Waals surface area contributed by atoms with Crippen molar-refractivity contribution < 1.29 is 0 Å². The molecule has 3 aromatic carbocycles. The molecule has 104 valence electrons. The van der Waals surface area contributed by atoms with E-state index in [2.05, 4.69) is 39.3 Å². The molecule has 0 fully saturated rings. The van der Waals surface area contributed by atoms with E-state index in [4.69, 9.17) is 5.53 Å². The van der Waals surface area contributed by atoms with E-state index in [-0.39, 0.29) is 0 Å². The molecule has 1 aromatic heterocycles. The Labute approximate surface area is 126 Å². The van der Waals surface area contributed by atoms with Crippen molar-refractivity contribution in [3.8, 4) is 0 Å². The molecule has 0 spiro atoms. The summed E-state index contributed by atoms with van der Waals surface area (Å²) in [5, 5.41) is 9.47. The second-order valence-electron chi connectivity index (χ2n) is 5.21. The summed E-state index contributed by atoms with van der Waals surface area (Å²) in [6.45, 7) is 0.331. The summed E-state index contributed by atoms with van der Waals surface area (Å²) >= 11 is 0. The fourth-order valence-corrected chi connectivity index (χ4v) is 3.04. The van der Waals surface area contributed by atoms with Crippen LogP contribution in [0.15, 0.2) is 65.9 Å². The Morgan fingerprint density at radius 1 is 0.909 bits per heavy atom. The van der Waals surface area contributed by atoms with Crippen LogP contribution >= 0.6 is 0 Å². The molecular formula is C18H12N4. The van der Waals surface area contributed by atoms with Crippen LogP contribution in [0.3, 0.4) is 0 Å². The summed E-state index contributed by atoms with van der Waals surface area (Å²) in [7, 11) is 0. The van der Waals surface area contributed by atoms with Crippen LogP contribution in [0, 0.1) is 0 Å². The Balaban J connectivity index is 2.25. The van der Waals surface area contributed by atoms with Gasteiger partial charge in [0.25, 0.3) is 0 Å². The van der Waals surface area contributed by atoms with E-state index in [9.17, 15) is 0 Å². The van der Waals surface area contributed by atoms with Crippen LogP contribution in [0.2, 0.25) is 0 Å². The summed E-state index contributed by atoms with van der Waals surface area (Å²) in [6.07, 6.45) is 1.90. The van der Waals surface area contributed by atoms with Crippen LogP contribution in [0.1, 0.15) is 5.56 Å². The standard InChI is InChI=1S/C18H12N4/c19-22-21-11-13-5-3-7-16-18(13)17-14(10-20-16)9-8-12-4-1-2-6-15(12)17/h1-10H,11H2. The van der Waals surface area contributed by atoms with Crippen molar-refractivity contribution in [3.63, 3.8) is 0 Å². The Bertz CT molecular complexity index is 1060. The maximum absolute atomic E-state index is 8.63. The molecule has 4 heteroatoms. The number of fused-ring (bicyclic) bond motifs is 5. The summed E-state index contributed by atoms with van der Waals surface area (Å²) in [6, 6.07) is 18.5. The van der Waals surface area contributed by atoms with E-state index in [0.717, 1.165) is 21.9 Å². The van der Waals surface area contributed by atoms with Crippen molar-refractivity contribution in [2.45, 2.75) is 6.54 Å². The minimum Gasteiger partial charge on any atom is -0.256 e. The SMILES string of the molecule is [N-]=[N+]=NCc1cccc2ncc3ccc4ccccc4c3c12. The van der Waals surface area contributed by atoms with Crippen molar-refractivity contribution in [2.75, 3.05) is 0 Å². The summed E-state index contributed by atoms with van der Waals surface area (Å²) in [5.41, 5.74) is 10.6. The van der Waals surface area contributed by atoms with Crippen LogP contribution in [-0.2, 0) is 6.54 Å². The smallest absolute Gasteiger partial charge is 0.0711 e. The zero-order chi connectivity index (χ0) is 14.9. The number of azide groups is 1. The molecule has 4 aromatic rings. The lowest BCUT2D eigenvalue weighted by atomic mass is 9.97. The highest BCUT2D eigenvalue weighted by molar-refractivity contribution is 6.19. The Morgan fingerprint density at radius 2 is 1.77 bits per heavy atom. The van der Waals surface area contributed by atoms with Crippen molar-refractivity contribution >= 4 is 32.4 Å².